The number of rotatable bonds is 1. The van der Waals surface area contributed by atoms with Crippen molar-refractivity contribution < 1.29 is 0 Å². The summed E-state index contributed by atoms with van der Waals surface area (Å²) in [6.07, 6.45) is 7.44. The normalized spacial score (nSPS) is 26.4. The summed E-state index contributed by atoms with van der Waals surface area (Å²) < 4.78 is 0. The first-order chi connectivity index (χ1) is 9.77. The fourth-order valence-corrected chi connectivity index (χ4v) is 3.58. The van der Waals surface area contributed by atoms with Gasteiger partial charge in [-0.3, -0.25) is 0 Å². The number of hydrazone groups is 1. The highest BCUT2D eigenvalue weighted by atomic mass is 32.1. The van der Waals surface area contributed by atoms with E-state index >= 15 is 0 Å². The Morgan fingerprint density at radius 1 is 1.15 bits per heavy atom. The van der Waals surface area contributed by atoms with Gasteiger partial charge in [0.05, 0.1) is 6.04 Å². The summed E-state index contributed by atoms with van der Waals surface area (Å²) in [5.41, 5.74) is 8.47. The van der Waals surface area contributed by atoms with E-state index in [4.69, 9.17) is 23.1 Å². The smallest absolute Gasteiger partial charge is 0.187 e. The molecule has 0 saturated heterocycles. The lowest BCUT2D eigenvalue weighted by Crippen LogP contribution is -2.34. The second kappa shape index (κ2) is 5.92. The van der Waals surface area contributed by atoms with Crippen molar-refractivity contribution in [3.8, 4) is 0 Å². The van der Waals surface area contributed by atoms with Gasteiger partial charge in [-0.1, -0.05) is 49.6 Å². The second-order valence-corrected chi connectivity index (χ2v) is 6.11. The summed E-state index contributed by atoms with van der Waals surface area (Å²) in [4.78, 5) is 0. The van der Waals surface area contributed by atoms with E-state index in [1.807, 2.05) is 11.1 Å². The molecule has 0 aromatic heterocycles. The van der Waals surface area contributed by atoms with Crippen LogP contribution in [0.4, 0.5) is 0 Å². The van der Waals surface area contributed by atoms with Crippen LogP contribution >= 0.6 is 12.2 Å². The van der Waals surface area contributed by atoms with E-state index < -0.39 is 0 Å². The van der Waals surface area contributed by atoms with Crippen molar-refractivity contribution in [3.63, 3.8) is 0 Å². The first-order valence-corrected chi connectivity index (χ1v) is 7.89. The maximum Gasteiger partial charge on any atom is 0.187 e. The molecular formula is C16H21N3S. The second-order valence-electron chi connectivity index (χ2n) is 5.69. The highest BCUT2D eigenvalue weighted by Gasteiger charge is 2.39. The summed E-state index contributed by atoms with van der Waals surface area (Å²) in [6, 6.07) is 10.7. The van der Waals surface area contributed by atoms with Crippen LogP contribution in [0.25, 0.3) is 0 Å². The molecule has 0 amide bonds. The number of nitrogens with two attached hydrogens (primary N) is 1. The molecule has 3 rings (SSSR count). The lowest BCUT2D eigenvalue weighted by molar-refractivity contribution is 0.303. The van der Waals surface area contributed by atoms with E-state index in [1.165, 1.54) is 43.4 Å². The maximum atomic E-state index is 5.91. The van der Waals surface area contributed by atoms with Gasteiger partial charge in [-0.2, -0.15) is 5.10 Å². The number of hydrogen-bond donors (Lipinski definition) is 1. The van der Waals surface area contributed by atoms with Gasteiger partial charge in [0.1, 0.15) is 0 Å². The molecule has 1 heterocycles. The lowest BCUT2D eigenvalue weighted by atomic mass is 9.82. The van der Waals surface area contributed by atoms with Crippen LogP contribution in [0, 0.1) is 5.92 Å². The largest absolute Gasteiger partial charge is 0.375 e. The minimum atomic E-state index is 0.196. The third-order valence-electron chi connectivity index (χ3n) is 4.37. The number of hydrogen-bond acceptors (Lipinski definition) is 2. The van der Waals surface area contributed by atoms with Crippen molar-refractivity contribution in [2.75, 3.05) is 0 Å². The Hall–Kier alpha value is -1.42. The standard InChI is InChI=1S/C16H21N3S/c17-16(20)19-15(12-8-4-3-5-9-12)13-10-6-1-2-7-11-14(13)18-19/h3-5,8-9,13,15H,1-2,6-7,10-11H2,(H2,17,20)/t13-,15+/m0/s1. The molecule has 3 nitrogen and oxygen atoms in total. The molecular weight excluding hydrogens is 266 g/mol. The molecule has 2 aliphatic rings. The zero-order chi connectivity index (χ0) is 13.9. The fourth-order valence-electron chi connectivity index (χ4n) is 3.42. The Labute approximate surface area is 125 Å². The summed E-state index contributed by atoms with van der Waals surface area (Å²) in [5.74, 6) is 0.471. The molecule has 2 N–H and O–H groups in total. The van der Waals surface area contributed by atoms with Crippen LogP contribution in [-0.2, 0) is 0 Å². The van der Waals surface area contributed by atoms with Gasteiger partial charge in [0, 0.05) is 11.6 Å². The van der Waals surface area contributed by atoms with Crippen LogP contribution in [0.2, 0.25) is 0 Å². The summed E-state index contributed by atoms with van der Waals surface area (Å²) in [6.45, 7) is 0. The summed E-state index contributed by atoms with van der Waals surface area (Å²) in [7, 11) is 0. The average Bonchev–Trinajstić information content (AvgIpc) is 2.78. The fraction of sp³-hybridized carbons (Fsp3) is 0.500. The summed E-state index contributed by atoms with van der Waals surface area (Å²) in [5, 5.41) is 7.01. The predicted octanol–water partition coefficient (Wildman–Crippen LogP) is 3.61. The zero-order valence-electron chi connectivity index (χ0n) is 11.7. The third kappa shape index (κ3) is 2.57. The van der Waals surface area contributed by atoms with Crippen molar-refractivity contribution >= 4 is 23.0 Å². The van der Waals surface area contributed by atoms with Gasteiger partial charge in [-0.25, -0.2) is 5.01 Å². The van der Waals surface area contributed by atoms with E-state index in [9.17, 15) is 0 Å². The van der Waals surface area contributed by atoms with Crippen molar-refractivity contribution in [2.24, 2.45) is 16.8 Å². The van der Waals surface area contributed by atoms with E-state index in [0.29, 0.717) is 11.0 Å². The molecule has 20 heavy (non-hydrogen) atoms. The van der Waals surface area contributed by atoms with E-state index in [2.05, 4.69) is 24.3 Å². The SMILES string of the molecule is NC(=S)N1N=C2CCCCCC[C@@H]2[C@H]1c1ccccc1. The molecule has 1 aliphatic carbocycles. The van der Waals surface area contributed by atoms with Gasteiger partial charge >= 0.3 is 0 Å². The lowest BCUT2D eigenvalue weighted by Gasteiger charge is -2.28. The van der Waals surface area contributed by atoms with Crippen LogP contribution in [0.5, 0.6) is 0 Å². The Morgan fingerprint density at radius 3 is 2.65 bits per heavy atom. The third-order valence-corrected chi connectivity index (χ3v) is 4.56. The van der Waals surface area contributed by atoms with Crippen molar-refractivity contribution in [1.82, 2.24) is 5.01 Å². The molecule has 1 fully saturated rings. The molecule has 1 aromatic rings. The number of nitrogens with zero attached hydrogens (tertiary/aromatic N) is 2. The van der Waals surface area contributed by atoms with E-state index in [1.54, 1.807) is 0 Å². The highest BCUT2D eigenvalue weighted by Crippen LogP contribution is 2.40. The van der Waals surface area contributed by atoms with Gasteiger partial charge in [0.25, 0.3) is 0 Å². The average molecular weight is 287 g/mol. The van der Waals surface area contributed by atoms with Crippen molar-refractivity contribution in [3.05, 3.63) is 35.9 Å². The highest BCUT2D eigenvalue weighted by molar-refractivity contribution is 7.80. The number of fused-ring (bicyclic) bond motifs is 1. The van der Waals surface area contributed by atoms with Crippen molar-refractivity contribution in [2.45, 2.75) is 44.6 Å². The summed E-state index contributed by atoms with van der Waals surface area (Å²) >= 11 is 5.22. The van der Waals surface area contributed by atoms with Gasteiger partial charge in [0.15, 0.2) is 5.11 Å². The molecule has 1 aromatic carbocycles. The minimum Gasteiger partial charge on any atom is -0.375 e. The Bertz CT molecular complexity index is 512. The van der Waals surface area contributed by atoms with E-state index in [0.717, 1.165) is 6.42 Å². The quantitative estimate of drug-likeness (QED) is 0.802. The Morgan fingerprint density at radius 2 is 1.90 bits per heavy atom. The predicted molar refractivity (Wildman–Crippen MR) is 86.4 cm³/mol. The van der Waals surface area contributed by atoms with Crippen LogP contribution in [-0.4, -0.2) is 15.8 Å². The molecule has 4 heteroatoms. The first-order valence-electron chi connectivity index (χ1n) is 7.48. The van der Waals surface area contributed by atoms with Gasteiger partial charge in [-0.05, 0) is 37.0 Å². The van der Waals surface area contributed by atoms with Crippen LogP contribution in [0.3, 0.4) is 0 Å². The van der Waals surface area contributed by atoms with Crippen LogP contribution in [0.15, 0.2) is 35.4 Å². The first kappa shape index (κ1) is 13.6. The molecule has 1 aliphatic heterocycles. The van der Waals surface area contributed by atoms with Gasteiger partial charge < -0.3 is 5.73 Å². The van der Waals surface area contributed by atoms with Gasteiger partial charge in [0.2, 0.25) is 0 Å². The Kier molecular flexibility index (Phi) is 4.01. The zero-order valence-corrected chi connectivity index (χ0v) is 12.5. The molecule has 0 spiro atoms. The molecule has 2 atom stereocenters. The minimum absolute atomic E-state index is 0.196. The molecule has 0 radical (unpaired) electrons. The van der Waals surface area contributed by atoms with Crippen LogP contribution in [0.1, 0.15) is 50.1 Å². The number of thiocarbonyl (C=S) groups is 1. The Balaban J connectivity index is 1.95. The van der Waals surface area contributed by atoms with Gasteiger partial charge in [-0.15, -0.1) is 0 Å². The van der Waals surface area contributed by atoms with Crippen molar-refractivity contribution in [1.29, 1.82) is 0 Å². The van der Waals surface area contributed by atoms with Crippen LogP contribution < -0.4 is 5.73 Å². The molecule has 0 bridgehead atoms. The number of benzene rings is 1. The maximum absolute atomic E-state index is 5.91. The monoisotopic (exact) mass is 287 g/mol. The molecule has 0 unspecified atom stereocenters. The molecule has 1 saturated carbocycles. The molecule has 106 valence electrons. The van der Waals surface area contributed by atoms with E-state index in [-0.39, 0.29) is 6.04 Å². The topological polar surface area (TPSA) is 41.6 Å².